The zero-order chi connectivity index (χ0) is 23.1. The van der Waals surface area contributed by atoms with Gasteiger partial charge in [-0.25, -0.2) is 4.98 Å². The number of amides is 1. The van der Waals surface area contributed by atoms with Gasteiger partial charge in [0.25, 0.3) is 11.7 Å². The number of aromatic nitrogens is 3. The van der Waals surface area contributed by atoms with Crippen molar-refractivity contribution < 1.29 is 14.7 Å². The van der Waals surface area contributed by atoms with E-state index in [1.165, 1.54) is 4.90 Å². The molecular formula is C25H19ClN4O3. The molecule has 5 rings (SSSR count). The van der Waals surface area contributed by atoms with E-state index in [0.717, 1.165) is 5.56 Å². The Labute approximate surface area is 194 Å². The van der Waals surface area contributed by atoms with Crippen LogP contribution in [0.25, 0.3) is 11.4 Å². The van der Waals surface area contributed by atoms with Gasteiger partial charge >= 0.3 is 0 Å². The van der Waals surface area contributed by atoms with Crippen LogP contribution in [0.15, 0.2) is 78.8 Å². The Balaban J connectivity index is 1.72. The molecule has 1 amide bonds. The molecule has 1 atom stereocenters. The van der Waals surface area contributed by atoms with Crippen molar-refractivity contribution in [2.24, 2.45) is 0 Å². The number of ketones is 1. The van der Waals surface area contributed by atoms with Crippen molar-refractivity contribution in [3.63, 3.8) is 0 Å². The predicted molar refractivity (Wildman–Crippen MR) is 123 cm³/mol. The summed E-state index contributed by atoms with van der Waals surface area (Å²) >= 11 is 6.08. The maximum absolute atomic E-state index is 13.3. The summed E-state index contributed by atoms with van der Waals surface area (Å²) in [5, 5.41) is 12.0. The maximum atomic E-state index is 13.3. The Hall–Kier alpha value is -3.97. The van der Waals surface area contributed by atoms with Crippen LogP contribution in [0.4, 0.5) is 0 Å². The first kappa shape index (κ1) is 20.9. The van der Waals surface area contributed by atoms with Crippen LogP contribution in [0.3, 0.4) is 0 Å². The standard InChI is InChI=1S/C25H19ClN4O3/c1-15-21(29-12-3-2-6-19(29)28-15)23(31)20-22(17-7-9-18(26)10-8-17)30(25(33)24(20)32)14-16-5-4-11-27-13-16/h2-13,22,31H,14H2,1H3/b23-20+. The number of nitrogens with zero attached hydrogens (tertiary/aromatic N) is 4. The lowest BCUT2D eigenvalue weighted by molar-refractivity contribution is -0.140. The summed E-state index contributed by atoms with van der Waals surface area (Å²) in [6, 6.07) is 15.2. The summed E-state index contributed by atoms with van der Waals surface area (Å²) in [6.07, 6.45) is 5.04. The smallest absolute Gasteiger partial charge is 0.295 e. The zero-order valence-corrected chi connectivity index (χ0v) is 18.4. The quantitative estimate of drug-likeness (QED) is 0.279. The Morgan fingerprint density at radius 2 is 1.88 bits per heavy atom. The van der Waals surface area contributed by atoms with Crippen LogP contribution in [-0.4, -0.2) is 36.1 Å². The molecule has 0 aliphatic carbocycles. The molecule has 0 saturated carbocycles. The van der Waals surface area contributed by atoms with Gasteiger partial charge in [-0.3, -0.25) is 19.0 Å². The summed E-state index contributed by atoms with van der Waals surface area (Å²) in [4.78, 5) is 36.5. The van der Waals surface area contributed by atoms with Gasteiger partial charge in [-0.1, -0.05) is 35.9 Å². The first-order chi connectivity index (χ1) is 16.0. The second kappa shape index (κ2) is 8.18. The van der Waals surface area contributed by atoms with Gasteiger partial charge in [-0.05, 0) is 48.4 Å². The molecule has 0 bridgehead atoms. The maximum Gasteiger partial charge on any atom is 0.295 e. The van der Waals surface area contributed by atoms with Crippen molar-refractivity contribution in [1.29, 1.82) is 0 Å². The van der Waals surface area contributed by atoms with E-state index >= 15 is 0 Å². The molecule has 1 N–H and O–H groups in total. The average Bonchev–Trinajstić information content (AvgIpc) is 3.28. The number of benzene rings is 1. The van der Waals surface area contributed by atoms with Crippen molar-refractivity contribution in [3.8, 4) is 0 Å². The third kappa shape index (κ3) is 3.56. The highest BCUT2D eigenvalue weighted by Gasteiger charge is 2.46. The minimum absolute atomic E-state index is 0.0139. The highest BCUT2D eigenvalue weighted by Crippen LogP contribution is 2.41. The van der Waals surface area contributed by atoms with Crippen LogP contribution in [0, 0.1) is 6.92 Å². The number of pyridine rings is 2. The Morgan fingerprint density at radius 1 is 1.09 bits per heavy atom. The van der Waals surface area contributed by atoms with E-state index < -0.39 is 17.7 Å². The summed E-state index contributed by atoms with van der Waals surface area (Å²) in [7, 11) is 0. The van der Waals surface area contributed by atoms with Crippen LogP contribution < -0.4 is 0 Å². The predicted octanol–water partition coefficient (Wildman–Crippen LogP) is 4.31. The van der Waals surface area contributed by atoms with E-state index in [-0.39, 0.29) is 17.9 Å². The van der Waals surface area contributed by atoms with Crippen molar-refractivity contribution in [2.75, 3.05) is 0 Å². The number of fused-ring (bicyclic) bond motifs is 1. The second-order valence-electron chi connectivity index (χ2n) is 7.81. The number of hydrogen-bond donors (Lipinski definition) is 1. The molecule has 4 aromatic rings. The third-order valence-electron chi connectivity index (χ3n) is 5.73. The summed E-state index contributed by atoms with van der Waals surface area (Å²) in [5.74, 6) is -1.70. The first-order valence-corrected chi connectivity index (χ1v) is 10.7. The van der Waals surface area contributed by atoms with Gasteiger partial charge in [0.1, 0.15) is 11.3 Å². The Kier molecular flexibility index (Phi) is 5.18. The molecule has 1 aromatic carbocycles. The number of carbonyl (C=O) groups excluding carboxylic acids is 2. The molecule has 1 aliphatic heterocycles. The van der Waals surface area contributed by atoms with Gasteiger partial charge in [-0.15, -0.1) is 0 Å². The van der Waals surface area contributed by atoms with Gasteiger partial charge in [0.2, 0.25) is 0 Å². The normalized spacial score (nSPS) is 17.8. The van der Waals surface area contributed by atoms with E-state index in [1.54, 1.807) is 66.3 Å². The molecule has 1 aliphatic rings. The van der Waals surface area contributed by atoms with Crippen molar-refractivity contribution >= 4 is 34.7 Å². The number of imidazole rings is 1. The number of aliphatic hydroxyl groups excluding tert-OH is 1. The third-order valence-corrected chi connectivity index (χ3v) is 5.98. The fourth-order valence-corrected chi connectivity index (χ4v) is 4.38. The van der Waals surface area contributed by atoms with E-state index in [9.17, 15) is 14.7 Å². The van der Waals surface area contributed by atoms with E-state index in [1.807, 2.05) is 18.2 Å². The highest BCUT2D eigenvalue weighted by atomic mass is 35.5. The molecule has 7 nitrogen and oxygen atoms in total. The van der Waals surface area contributed by atoms with Crippen molar-refractivity contribution in [1.82, 2.24) is 19.3 Å². The summed E-state index contributed by atoms with van der Waals surface area (Å²) < 4.78 is 1.71. The minimum atomic E-state index is -0.795. The molecule has 0 radical (unpaired) electrons. The number of carbonyl (C=O) groups is 2. The number of likely N-dealkylation sites (tertiary alicyclic amines) is 1. The number of aliphatic hydroxyl groups is 1. The van der Waals surface area contributed by atoms with Gasteiger partial charge in [-0.2, -0.15) is 0 Å². The number of hydrogen-bond acceptors (Lipinski definition) is 5. The number of aryl methyl sites for hydroxylation is 1. The van der Waals surface area contributed by atoms with E-state index in [4.69, 9.17) is 11.6 Å². The van der Waals surface area contributed by atoms with Crippen LogP contribution in [0.2, 0.25) is 5.02 Å². The lowest BCUT2D eigenvalue weighted by atomic mass is 9.96. The number of rotatable bonds is 4. The molecule has 1 fully saturated rings. The second-order valence-corrected chi connectivity index (χ2v) is 8.25. The number of Topliss-reactive ketones (excluding diaryl/α,β-unsaturated/α-hetero) is 1. The molecule has 4 heterocycles. The molecule has 164 valence electrons. The summed E-state index contributed by atoms with van der Waals surface area (Å²) in [6.45, 7) is 1.92. The van der Waals surface area contributed by atoms with E-state index in [0.29, 0.717) is 27.6 Å². The molecule has 0 spiro atoms. The molecule has 8 heteroatoms. The molecule has 1 saturated heterocycles. The molecule has 3 aromatic heterocycles. The highest BCUT2D eigenvalue weighted by molar-refractivity contribution is 6.46. The van der Waals surface area contributed by atoms with Crippen LogP contribution in [0.1, 0.15) is 28.6 Å². The topological polar surface area (TPSA) is 87.8 Å². The summed E-state index contributed by atoms with van der Waals surface area (Å²) in [5.41, 5.74) is 3.00. The van der Waals surface area contributed by atoms with Gasteiger partial charge < -0.3 is 10.0 Å². The SMILES string of the molecule is Cc1nc2ccccn2c1/C(O)=C1\C(=O)C(=O)N(Cc2cccnc2)C1c1ccc(Cl)cc1. The fraction of sp³-hybridized carbons (Fsp3) is 0.120. The lowest BCUT2D eigenvalue weighted by Crippen LogP contribution is -2.29. The van der Waals surface area contributed by atoms with Crippen LogP contribution in [-0.2, 0) is 16.1 Å². The number of halogens is 1. The van der Waals surface area contributed by atoms with E-state index in [2.05, 4.69) is 9.97 Å². The lowest BCUT2D eigenvalue weighted by Gasteiger charge is -2.25. The van der Waals surface area contributed by atoms with Gasteiger partial charge in [0.15, 0.2) is 5.76 Å². The van der Waals surface area contributed by atoms with Crippen molar-refractivity contribution in [3.05, 3.63) is 106 Å². The Morgan fingerprint density at radius 3 is 2.61 bits per heavy atom. The minimum Gasteiger partial charge on any atom is -0.505 e. The molecule has 1 unspecified atom stereocenters. The molecule has 33 heavy (non-hydrogen) atoms. The largest absolute Gasteiger partial charge is 0.505 e. The van der Waals surface area contributed by atoms with Crippen LogP contribution >= 0.6 is 11.6 Å². The van der Waals surface area contributed by atoms with Gasteiger partial charge in [0, 0.05) is 30.2 Å². The molecular weight excluding hydrogens is 440 g/mol. The van der Waals surface area contributed by atoms with Crippen LogP contribution in [0.5, 0.6) is 0 Å². The fourth-order valence-electron chi connectivity index (χ4n) is 4.25. The zero-order valence-electron chi connectivity index (χ0n) is 17.6. The first-order valence-electron chi connectivity index (χ1n) is 10.3. The average molecular weight is 459 g/mol. The monoisotopic (exact) mass is 458 g/mol. The Bertz CT molecular complexity index is 1410. The van der Waals surface area contributed by atoms with Crippen molar-refractivity contribution in [2.45, 2.75) is 19.5 Å². The van der Waals surface area contributed by atoms with Gasteiger partial charge in [0.05, 0.1) is 17.3 Å².